The van der Waals surface area contributed by atoms with Crippen LogP contribution < -0.4 is 5.43 Å². The van der Waals surface area contributed by atoms with E-state index < -0.39 is 0 Å². The van der Waals surface area contributed by atoms with Crippen molar-refractivity contribution in [3.63, 3.8) is 0 Å². The molecule has 0 spiro atoms. The maximum atomic E-state index is 12.6. The predicted octanol–water partition coefficient (Wildman–Crippen LogP) is 3.95. The smallest absolute Gasteiger partial charge is 0.199 e. The van der Waals surface area contributed by atoms with Crippen LogP contribution in [0.2, 0.25) is 0 Å². The van der Waals surface area contributed by atoms with E-state index in [-0.39, 0.29) is 22.3 Å². The van der Waals surface area contributed by atoms with Crippen LogP contribution in [0, 0.1) is 0 Å². The summed E-state index contributed by atoms with van der Waals surface area (Å²) in [5.41, 5.74) is 0.852. The Labute approximate surface area is 119 Å². The molecule has 4 heteroatoms. The molecule has 2 N–H and O–H groups in total. The maximum absolute atomic E-state index is 12.6. The van der Waals surface area contributed by atoms with Gasteiger partial charge in [-0.15, -0.1) is 11.3 Å². The van der Waals surface area contributed by atoms with E-state index in [1.165, 1.54) is 23.5 Å². The molecule has 0 aliphatic heterocycles. The number of phenolic OH excluding ortho intramolecular Hbond substituents is 2. The van der Waals surface area contributed by atoms with E-state index >= 15 is 0 Å². The zero-order valence-electron chi connectivity index (χ0n) is 11.2. The molecule has 3 aromatic rings. The summed E-state index contributed by atoms with van der Waals surface area (Å²) in [7, 11) is 0. The first-order chi connectivity index (χ1) is 9.49. The summed E-state index contributed by atoms with van der Waals surface area (Å²) in [5, 5.41) is 20.6. The van der Waals surface area contributed by atoms with Crippen LogP contribution in [-0.4, -0.2) is 10.2 Å². The largest absolute Gasteiger partial charge is 0.507 e. The summed E-state index contributed by atoms with van der Waals surface area (Å²) in [6.45, 7) is 4.14. The molecule has 0 radical (unpaired) electrons. The summed E-state index contributed by atoms with van der Waals surface area (Å²) < 4.78 is 1.24. The maximum Gasteiger partial charge on any atom is 0.199 e. The average molecular weight is 286 g/mol. The highest BCUT2D eigenvalue weighted by Gasteiger charge is 2.13. The summed E-state index contributed by atoms with van der Waals surface area (Å²) in [4.78, 5) is 12.6. The molecular weight excluding hydrogens is 272 g/mol. The third kappa shape index (κ3) is 1.84. The van der Waals surface area contributed by atoms with Gasteiger partial charge in [0.15, 0.2) is 5.43 Å². The first-order valence-electron chi connectivity index (χ1n) is 6.40. The van der Waals surface area contributed by atoms with Gasteiger partial charge < -0.3 is 10.2 Å². The first kappa shape index (κ1) is 12.9. The van der Waals surface area contributed by atoms with Gasteiger partial charge in [0.1, 0.15) is 11.5 Å². The van der Waals surface area contributed by atoms with Crippen LogP contribution in [-0.2, 0) is 0 Å². The molecule has 0 amide bonds. The standard InChI is InChI=1S/C16H14O3S/c1-8(2)9-3-6-13-10(7-9)15(19)14-11(17)4-5-12(18)16(14)20-13/h3-8,17-18H,1-2H3. The minimum atomic E-state index is -0.232. The number of hydrogen-bond acceptors (Lipinski definition) is 4. The van der Waals surface area contributed by atoms with Crippen LogP contribution in [0.25, 0.3) is 20.2 Å². The van der Waals surface area contributed by atoms with Crippen LogP contribution in [0.3, 0.4) is 0 Å². The number of aromatic hydroxyl groups is 2. The van der Waals surface area contributed by atoms with Crippen LogP contribution >= 0.6 is 11.3 Å². The van der Waals surface area contributed by atoms with Crippen LogP contribution in [0.5, 0.6) is 11.5 Å². The third-order valence-electron chi connectivity index (χ3n) is 3.47. The monoisotopic (exact) mass is 286 g/mol. The molecule has 102 valence electrons. The van der Waals surface area contributed by atoms with Crippen molar-refractivity contribution >= 4 is 31.5 Å². The molecule has 0 aliphatic carbocycles. The van der Waals surface area contributed by atoms with Gasteiger partial charge in [0, 0.05) is 10.1 Å². The van der Waals surface area contributed by atoms with E-state index in [2.05, 4.69) is 13.8 Å². The Hall–Kier alpha value is -2.07. The van der Waals surface area contributed by atoms with Crippen molar-refractivity contribution in [3.05, 3.63) is 46.1 Å². The molecule has 1 aromatic heterocycles. The average Bonchev–Trinajstić information content (AvgIpc) is 2.42. The molecule has 0 atom stereocenters. The third-order valence-corrected chi connectivity index (χ3v) is 4.66. The fourth-order valence-corrected chi connectivity index (χ4v) is 3.39. The quantitative estimate of drug-likeness (QED) is 0.526. The summed E-state index contributed by atoms with van der Waals surface area (Å²) in [5.74, 6) is 0.267. The molecule has 20 heavy (non-hydrogen) atoms. The minimum absolute atomic E-state index is 0.0229. The zero-order chi connectivity index (χ0) is 14.4. The highest BCUT2D eigenvalue weighted by atomic mass is 32.1. The van der Waals surface area contributed by atoms with Crippen molar-refractivity contribution < 1.29 is 10.2 Å². The Kier molecular flexibility index (Phi) is 2.91. The van der Waals surface area contributed by atoms with E-state index in [4.69, 9.17) is 0 Å². The van der Waals surface area contributed by atoms with Gasteiger partial charge in [-0.05, 0) is 35.7 Å². The fourth-order valence-electron chi connectivity index (χ4n) is 2.30. The zero-order valence-corrected chi connectivity index (χ0v) is 12.0. The van der Waals surface area contributed by atoms with E-state index in [9.17, 15) is 15.0 Å². The van der Waals surface area contributed by atoms with Gasteiger partial charge in [0.05, 0.1) is 10.1 Å². The SMILES string of the molecule is CC(C)c1ccc2sc3c(O)ccc(O)c3c(=O)c2c1. The van der Waals surface area contributed by atoms with E-state index in [0.717, 1.165) is 10.3 Å². The molecule has 3 nitrogen and oxygen atoms in total. The van der Waals surface area contributed by atoms with E-state index in [1.54, 1.807) is 0 Å². The van der Waals surface area contributed by atoms with Crippen LogP contribution in [0.1, 0.15) is 25.3 Å². The lowest BCUT2D eigenvalue weighted by Crippen LogP contribution is -2.02. The second-order valence-corrected chi connectivity index (χ2v) is 6.20. The van der Waals surface area contributed by atoms with Crippen molar-refractivity contribution in [3.8, 4) is 11.5 Å². The highest BCUT2D eigenvalue weighted by molar-refractivity contribution is 7.25. The fraction of sp³-hybridized carbons (Fsp3) is 0.188. The Balaban J connectivity index is 2.52. The molecule has 0 unspecified atom stereocenters. The minimum Gasteiger partial charge on any atom is -0.507 e. The van der Waals surface area contributed by atoms with Gasteiger partial charge in [-0.1, -0.05) is 19.9 Å². The number of hydrogen-bond donors (Lipinski definition) is 2. The number of benzene rings is 2. The van der Waals surface area contributed by atoms with Gasteiger partial charge in [-0.25, -0.2) is 0 Å². The summed E-state index contributed by atoms with van der Waals surface area (Å²) >= 11 is 1.32. The highest BCUT2D eigenvalue weighted by Crippen LogP contribution is 2.36. The second-order valence-electron chi connectivity index (χ2n) is 5.15. The molecule has 0 aliphatic rings. The van der Waals surface area contributed by atoms with Gasteiger partial charge in [0.2, 0.25) is 0 Å². The summed E-state index contributed by atoms with van der Waals surface area (Å²) in [6.07, 6.45) is 0. The van der Waals surface area contributed by atoms with Gasteiger partial charge in [0.25, 0.3) is 0 Å². The molecule has 3 rings (SSSR count). The second kappa shape index (κ2) is 4.49. The van der Waals surface area contributed by atoms with Crippen LogP contribution in [0.15, 0.2) is 35.1 Å². The van der Waals surface area contributed by atoms with E-state index in [0.29, 0.717) is 16.0 Å². The number of fused-ring (bicyclic) bond motifs is 2. The Morgan fingerprint density at radius 2 is 1.75 bits per heavy atom. The van der Waals surface area contributed by atoms with Crippen molar-refractivity contribution in [2.45, 2.75) is 19.8 Å². The Bertz CT molecular complexity index is 878. The molecule has 1 heterocycles. The van der Waals surface area contributed by atoms with E-state index in [1.807, 2.05) is 18.2 Å². The number of rotatable bonds is 1. The molecule has 0 saturated carbocycles. The predicted molar refractivity (Wildman–Crippen MR) is 83.0 cm³/mol. The molecule has 0 saturated heterocycles. The normalized spacial score (nSPS) is 11.6. The van der Waals surface area contributed by atoms with Crippen molar-refractivity contribution in [2.75, 3.05) is 0 Å². The first-order valence-corrected chi connectivity index (χ1v) is 7.22. The molecule has 0 fully saturated rings. The topological polar surface area (TPSA) is 57.5 Å². The van der Waals surface area contributed by atoms with Crippen molar-refractivity contribution in [2.24, 2.45) is 0 Å². The lowest BCUT2D eigenvalue weighted by atomic mass is 10.0. The lowest BCUT2D eigenvalue weighted by Gasteiger charge is -2.08. The van der Waals surface area contributed by atoms with Gasteiger partial charge in [-0.2, -0.15) is 0 Å². The number of phenols is 2. The molecule has 0 bridgehead atoms. The van der Waals surface area contributed by atoms with Crippen molar-refractivity contribution in [1.82, 2.24) is 0 Å². The van der Waals surface area contributed by atoms with Gasteiger partial charge in [-0.3, -0.25) is 4.79 Å². The molecule has 2 aromatic carbocycles. The Morgan fingerprint density at radius 3 is 2.45 bits per heavy atom. The van der Waals surface area contributed by atoms with Crippen LogP contribution in [0.4, 0.5) is 0 Å². The Morgan fingerprint density at radius 1 is 1.05 bits per heavy atom. The van der Waals surface area contributed by atoms with Gasteiger partial charge >= 0.3 is 0 Å². The molecular formula is C16H14O3S. The summed E-state index contributed by atoms with van der Waals surface area (Å²) in [6, 6.07) is 8.53. The van der Waals surface area contributed by atoms with Crippen molar-refractivity contribution in [1.29, 1.82) is 0 Å². The lowest BCUT2D eigenvalue weighted by molar-refractivity contribution is 0.470.